The first-order chi connectivity index (χ1) is 8.88. The van der Waals surface area contributed by atoms with E-state index in [1.807, 2.05) is 0 Å². The molecule has 2 rings (SSSR count). The van der Waals surface area contributed by atoms with Gasteiger partial charge in [0.1, 0.15) is 18.5 Å². The maximum absolute atomic E-state index is 12.9. The Kier molecular flexibility index (Phi) is 3.57. The summed E-state index contributed by atoms with van der Waals surface area (Å²) in [7, 11) is 0. The molecule has 4 nitrogen and oxygen atoms in total. The standard InChI is InChI=1S/C11H8ClF3N4/c1-7(19-6-16-5-17-19)18-10-3-2-8(12)4-9(10)11(13,14)15/h2-6H,1H3. The number of benzene rings is 1. The van der Waals surface area contributed by atoms with Crippen molar-refractivity contribution in [3.8, 4) is 0 Å². The lowest BCUT2D eigenvalue weighted by atomic mass is 10.2. The number of rotatable bonds is 1. The third-order valence-electron chi connectivity index (χ3n) is 2.30. The van der Waals surface area contributed by atoms with Gasteiger partial charge in [-0.15, -0.1) is 0 Å². The molecule has 0 saturated heterocycles. The monoisotopic (exact) mass is 288 g/mol. The van der Waals surface area contributed by atoms with Crippen molar-refractivity contribution in [2.24, 2.45) is 4.99 Å². The van der Waals surface area contributed by atoms with Crippen molar-refractivity contribution in [2.45, 2.75) is 13.1 Å². The lowest BCUT2D eigenvalue weighted by Gasteiger charge is -2.10. The van der Waals surface area contributed by atoms with Crippen LogP contribution in [0, 0.1) is 0 Å². The molecule has 1 aromatic carbocycles. The molecule has 0 amide bonds. The van der Waals surface area contributed by atoms with E-state index in [9.17, 15) is 13.2 Å². The van der Waals surface area contributed by atoms with Gasteiger partial charge in [-0.3, -0.25) is 0 Å². The minimum Gasteiger partial charge on any atom is -0.233 e. The van der Waals surface area contributed by atoms with Crippen LogP contribution < -0.4 is 0 Å². The Labute approximate surface area is 111 Å². The lowest BCUT2D eigenvalue weighted by Crippen LogP contribution is -2.09. The quantitative estimate of drug-likeness (QED) is 0.595. The maximum Gasteiger partial charge on any atom is 0.418 e. The van der Waals surface area contributed by atoms with E-state index in [2.05, 4.69) is 15.1 Å². The predicted octanol–water partition coefficient (Wildman–Crippen LogP) is 3.55. The highest BCUT2D eigenvalue weighted by Gasteiger charge is 2.33. The molecule has 0 N–H and O–H groups in total. The molecule has 0 fully saturated rings. The Morgan fingerprint density at radius 2 is 2.11 bits per heavy atom. The Morgan fingerprint density at radius 1 is 1.37 bits per heavy atom. The minimum atomic E-state index is -4.52. The van der Waals surface area contributed by atoms with Crippen molar-refractivity contribution in [1.29, 1.82) is 0 Å². The van der Waals surface area contributed by atoms with E-state index in [0.29, 0.717) is 0 Å². The molecule has 8 heteroatoms. The van der Waals surface area contributed by atoms with Crippen LogP contribution in [0.5, 0.6) is 0 Å². The molecule has 0 aliphatic carbocycles. The number of alkyl halides is 3. The molecule has 0 saturated carbocycles. The molecule has 100 valence electrons. The zero-order chi connectivity index (χ0) is 14.0. The first kappa shape index (κ1) is 13.5. The van der Waals surface area contributed by atoms with Gasteiger partial charge in [-0.05, 0) is 25.1 Å². The van der Waals surface area contributed by atoms with Crippen molar-refractivity contribution in [1.82, 2.24) is 14.8 Å². The Morgan fingerprint density at radius 3 is 2.68 bits per heavy atom. The van der Waals surface area contributed by atoms with E-state index < -0.39 is 11.7 Å². The van der Waals surface area contributed by atoms with Crippen LogP contribution >= 0.6 is 11.6 Å². The van der Waals surface area contributed by atoms with Crippen molar-refractivity contribution >= 4 is 23.1 Å². The van der Waals surface area contributed by atoms with E-state index in [-0.39, 0.29) is 16.5 Å². The summed E-state index contributed by atoms with van der Waals surface area (Å²) in [6.07, 6.45) is -1.90. The van der Waals surface area contributed by atoms with E-state index in [4.69, 9.17) is 11.6 Å². The second kappa shape index (κ2) is 5.00. The van der Waals surface area contributed by atoms with Crippen molar-refractivity contribution in [3.63, 3.8) is 0 Å². The zero-order valence-corrected chi connectivity index (χ0v) is 10.4. The molecule has 0 aliphatic rings. The Hall–Kier alpha value is -1.89. The fourth-order valence-corrected chi connectivity index (χ4v) is 1.61. The molecule has 0 spiro atoms. The maximum atomic E-state index is 12.9. The summed E-state index contributed by atoms with van der Waals surface area (Å²) >= 11 is 5.58. The molecule has 19 heavy (non-hydrogen) atoms. The summed E-state index contributed by atoms with van der Waals surface area (Å²) in [5, 5.41) is 3.79. The average Bonchev–Trinajstić information content (AvgIpc) is 2.83. The van der Waals surface area contributed by atoms with Gasteiger partial charge in [-0.25, -0.2) is 14.7 Å². The molecule has 0 atom stereocenters. The third kappa shape index (κ3) is 3.11. The van der Waals surface area contributed by atoms with Gasteiger partial charge in [0.2, 0.25) is 0 Å². The van der Waals surface area contributed by atoms with Crippen LogP contribution in [0.1, 0.15) is 12.5 Å². The van der Waals surface area contributed by atoms with Gasteiger partial charge in [0.25, 0.3) is 0 Å². The smallest absolute Gasteiger partial charge is 0.233 e. The minimum absolute atomic E-state index is 0.00434. The van der Waals surface area contributed by atoms with Crippen molar-refractivity contribution in [2.75, 3.05) is 0 Å². The molecule has 0 bridgehead atoms. The highest BCUT2D eigenvalue weighted by molar-refractivity contribution is 6.30. The molecular formula is C11H8ClF3N4. The van der Waals surface area contributed by atoms with Gasteiger partial charge >= 0.3 is 6.18 Å². The largest absolute Gasteiger partial charge is 0.418 e. The van der Waals surface area contributed by atoms with Gasteiger partial charge in [-0.1, -0.05) is 11.6 Å². The van der Waals surface area contributed by atoms with E-state index >= 15 is 0 Å². The zero-order valence-electron chi connectivity index (χ0n) is 9.69. The number of aliphatic imine (C=N–C) groups is 1. The van der Waals surface area contributed by atoms with Crippen LogP contribution in [0.3, 0.4) is 0 Å². The third-order valence-corrected chi connectivity index (χ3v) is 2.53. The normalized spacial score (nSPS) is 12.8. The van der Waals surface area contributed by atoms with Gasteiger partial charge in [-0.2, -0.15) is 18.3 Å². The molecular weight excluding hydrogens is 281 g/mol. The summed E-state index contributed by atoms with van der Waals surface area (Å²) in [5.41, 5.74) is -1.11. The number of halogens is 4. The Balaban J connectivity index is 2.49. The van der Waals surface area contributed by atoms with Gasteiger partial charge in [0.15, 0.2) is 0 Å². The summed E-state index contributed by atoms with van der Waals surface area (Å²) in [5.74, 6) is 0.269. The average molecular weight is 289 g/mol. The first-order valence-electron chi connectivity index (χ1n) is 5.15. The fraction of sp³-hybridized carbons (Fsp3) is 0.182. The van der Waals surface area contributed by atoms with E-state index in [1.165, 1.54) is 36.4 Å². The van der Waals surface area contributed by atoms with E-state index in [0.717, 1.165) is 6.07 Å². The molecule has 0 unspecified atom stereocenters. The van der Waals surface area contributed by atoms with Crippen LogP contribution in [-0.4, -0.2) is 20.6 Å². The second-order valence-corrected chi connectivity index (χ2v) is 4.09. The highest BCUT2D eigenvalue weighted by Crippen LogP contribution is 2.37. The predicted molar refractivity (Wildman–Crippen MR) is 64.6 cm³/mol. The van der Waals surface area contributed by atoms with Crippen molar-refractivity contribution < 1.29 is 13.2 Å². The van der Waals surface area contributed by atoms with Crippen LogP contribution in [0.2, 0.25) is 5.02 Å². The van der Waals surface area contributed by atoms with Gasteiger partial charge in [0, 0.05) is 5.02 Å². The molecule has 1 heterocycles. The summed E-state index contributed by atoms with van der Waals surface area (Å²) in [6, 6.07) is 3.41. The number of hydrogen-bond acceptors (Lipinski definition) is 3. The first-order valence-corrected chi connectivity index (χ1v) is 5.53. The highest BCUT2D eigenvalue weighted by atomic mass is 35.5. The molecule has 2 aromatic rings. The number of nitrogens with zero attached hydrogens (tertiary/aromatic N) is 4. The molecule has 1 aromatic heterocycles. The van der Waals surface area contributed by atoms with Crippen LogP contribution in [-0.2, 0) is 6.18 Å². The van der Waals surface area contributed by atoms with E-state index in [1.54, 1.807) is 0 Å². The van der Waals surface area contributed by atoms with Crippen LogP contribution in [0.15, 0.2) is 35.8 Å². The fourth-order valence-electron chi connectivity index (χ4n) is 1.43. The van der Waals surface area contributed by atoms with Crippen LogP contribution in [0.25, 0.3) is 0 Å². The van der Waals surface area contributed by atoms with Crippen LogP contribution in [0.4, 0.5) is 18.9 Å². The SMILES string of the molecule is CC(=Nc1ccc(Cl)cc1C(F)(F)F)n1cncn1. The summed E-state index contributed by atoms with van der Waals surface area (Å²) < 4.78 is 39.8. The summed E-state index contributed by atoms with van der Waals surface area (Å²) in [4.78, 5) is 7.61. The molecule has 0 aliphatic heterocycles. The van der Waals surface area contributed by atoms with Gasteiger partial charge < -0.3 is 0 Å². The topological polar surface area (TPSA) is 43.1 Å². The number of aromatic nitrogens is 3. The lowest BCUT2D eigenvalue weighted by molar-refractivity contribution is -0.137. The van der Waals surface area contributed by atoms with Gasteiger partial charge in [0.05, 0.1) is 11.3 Å². The summed E-state index contributed by atoms with van der Waals surface area (Å²) in [6.45, 7) is 1.53. The molecule has 0 radical (unpaired) electrons. The Bertz CT molecular complexity index is 605. The second-order valence-electron chi connectivity index (χ2n) is 3.66. The number of hydrogen-bond donors (Lipinski definition) is 0. The van der Waals surface area contributed by atoms with Crippen molar-refractivity contribution in [3.05, 3.63) is 41.4 Å².